The molecule has 0 fully saturated rings. The minimum Gasteiger partial charge on any atom is -0.481 e. The lowest BCUT2D eigenvalue weighted by Gasteiger charge is -2.15. The maximum atomic E-state index is 13.6. The van der Waals surface area contributed by atoms with Gasteiger partial charge in [0.05, 0.1) is 18.6 Å². The number of halogens is 1. The molecule has 0 saturated heterocycles. The molecular weight excluding hydrogens is 345 g/mol. The number of fused-ring (bicyclic) bond motifs is 2. The summed E-state index contributed by atoms with van der Waals surface area (Å²) in [6, 6.07) is 9.48. The van der Waals surface area contributed by atoms with Crippen LogP contribution in [0.5, 0.6) is 0 Å². The van der Waals surface area contributed by atoms with Gasteiger partial charge in [-0.2, -0.15) is 5.10 Å². The number of hydrogen-bond donors (Lipinski definition) is 2. The Labute approximate surface area is 159 Å². The molecule has 0 aliphatic heterocycles. The number of carbonyl (C=O) groups is 1. The lowest BCUT2D eigenvalue weighted by molar-refractivity contribution is -0.136. The van der Waals surface area contributed by atoms with Crippen molar-refractivity contribution in [3.63, 3.8) is 0 Å². The number of nitrogens with one attached hydrogen (secondary N) is 1. The van der Waals surface area contributed by atoms with Gasteiger partial charge in [0.1, 0.15) is 5.82 Å². The molecule has 0 aliphatic rings. The minimum atomic E-state index is -2.46. The Morgan fingerprint density at radius 1 is 1.37 bits per heavy atom. The van der Waals surface area contributed by atoms with Crippen LogP contribution in [-0.2, 0) is 11.2 Å². The van der Waals surface area contributed by atoms with Crippen LogP contribution in [0.4, 0.5) is 4.39 Å². The molecule has 138 valence electrons. The van der Waals surface area contributed by atoms with E-state index >= 15 is 0 Å². The Morgan fingerprint density at radius 2 is 2.11 bits per heavy atom. The van der Waals surface area contributed by atoms with Crippen molar-refractivity contribution in [3.8, 4) is 5.69 Å². The molecule has 27 heavy (non-hydrogen) atoms. The zero-order chi connectivity index (χ0) is 21.8. The van der Waals surface area contributed by atoms with E-state index in [1.807, 2.05) is 18.4 Å². The molecule has 2 aromatic carbocycles. The zero-order valence-electron chi connectivity index (χ0n) is 17.9. The lowest BCUT2D eigenvalue weighted by Crippen LogP contribution is -2.06. The van der Waals surface area contributed by atoms with Crippen molar-refractivity contribution in [1.29, 1.82) is 0 Å². The molecule has 0 radical (unpaired) electrons. The second-order valence-electron chi connectivity index (χ2n) is 6.74. The third kappa shape index (κ3) is 2.97. The van der Waals surface area contributed by atoms with Gasteiger partial charge in [-0.05, 0) is 54.3 Å². The number of carboxylic acid groups (broad SMARTS) is 1. The van der Waals surface area contributed by atoms with Crippen molar-refractivity contribution in [2.45, 2.75) is 32.6 Å². The number of carboxylic acids is 1. The second kappa shape index (κ2) is 6.54. The molecule has 4 aromatic rings. The number of benzene rings is 2. The second-order valence-corrected chi connectivity index (χ2v) is 6.74. The fraction of sp³-hybridized carbons (Fsp3) is 0.238. The fourth-order valence-electron chi connectivity index (χ4n) is 3.58. The first-order chi connectivity index (χ1) is 14.1. The molecule has 4 rings (SSSR count). The number of H-pyrrole nitrogens is 1. The van der Waals surface area contributed by atoms with E-state index in [0.717, 1.165) is 5.69 Å². The average molecular weight is 368 g/mol. The third-order valence-electron chi connectivity index (χ3n) is 4.65. The van der Waals surface area contributed by atoms with Gasteiger partial charge < -0.3 is 9.67 Å². The molecule has 2 heterocycles. The highest BCUT2D eigenvalue weighted by atomic mass is 19.1. The van der Waals surface area contributed by atoms with Crippen molar-refractivity contribution in [2.24, 2.45) is 0 Å². The summed E-state index contributed by atoms with van der Waals surface area (Å²) < 4.78 is 39.5. The molecule has 0 atom stereocenters. The van der Waals surface area contributed by atoms with E-state index in [1.54, 1.807) is 24.3 Å². The predicted octanol–water partition coefficient (Wildman–Crippen LogP) is 4.79. The van der Waals surface area contributed by atoms with Crippen LogP contribution in [0.3, 0.4) is 0 Å². The summed E-state index contributed by atoms with van der Waals surface area (Å²) >= 11 is 0. The van der Waals surface area contributed by atoms with Crippen molar-refractivity contribution in [3.05, 3.63) is 59.6 Å². The van der Waals surface area contributed by atoms with Gasteiger partial charge in [0.2, 0.25) is 0 Å². The monoisotopic (exact) mass is 368 g/mol. The fourth-order valence-corrected chi connectivity index (χ4v) is 3.58. The van der Waals surface area contributed by atoms with Crippen molar-refractivity contribution in [2.75, 3.05) is 0 Å². The molecule has 0 bridgehead atoms. The summed E-state index contributed by atoms with van der Waals surface area (Å²) in [7, 11) is 0. The van der Waals surface area contributed by atoms with Crippen LogP contribution < -0.4 is 0 Å². The van der Waals surface area contributed by atoms with Gasteiger partial charge in [-0.25, -0.2) is 4.39 Å². The predicted molar refractivity (Wildman–Crippen MR) is 103 cm³/mol. The highest BCUT2D eigenvalue weighted by molar-refractivity contribution is 5.98. The molecular formula is C21H20FN3O2. The molecule has 0 unspecified atom stereocenters. The Hall–Kier alpha value is -3.15. The van der Waals surface area contributed by atoms with E-state index in [0.29, 0.717) is 33.1 Å². The van der Waals surface area contributed by atoms with E-state index in [1.165, 1.54) is 12.1 Å². The summed E-state index contributed by atoms with van der Waals surface area (Å²) in [5.41, 5.74) is 3.27. The van der Waals surface area contributed by atoms with Gasteiger partial charge in [-0.3, -0.25) is 9.89 Å². The van der Waals surface area contributed by atoms with Crippen LogP contribution in [0.2, 0.25) is 0 Å². The SMILES string of the molecule is [2H]c1n[nH]c2cc3c(CC([2H])([2H])C(=O)O)c(C(C)C)n(-c4ccc(F)cc4)c3cc12. The number of aromatic nitrogens is 3. The highest BCUT2D eigenvalue weighted by Gasteiger charge is 2.22. The van der Waals surface area contributed by atoms with Gasteiger partial charge in [0.25, 0.3) is 0 Å². The van der Waals surface area contributed by atoms with E-state index in [4.69, 9.17) is 4.11 Å². The minimum absolute atomic E-state index is 0.0750. The number of rotatable bonds is 5. The van der Waals surface area contributed by atoms with E-state index in [9.17, 15) is 14.3 Å². The molecule has 0 amide bonds. The Bertz CT molecular complexity index is 1280. The van der Waals surface area contributed by atoms with E-state index < -0.39 is 12.3 Å². The van der Waals surface area contributed by atoms with Crippen LogP contribution >= 0.6 is 0 Å². The largest absolute Gasteiger partial charge is 0.481 e. The molecule has 5 nitrogen and oxygen atoms in total. The molecule has 6 heteroatoms. The summed E-state index contributed by atoms with van der Waals surface area (Å²) in [6.45, 7) is 3.88. The van der Waals surface area contributed by atoms with Crippen LogP contribution in [0, 0.1) is 5.82 Å². The smallest absolute Gasteiger partial charge is 0.303 e. The topological polar surface area (TPSA) is 70.9 Å². The van der Waals surface area contributed by atoms with E-state index in [2.05, 4.69) is 10.2 Å². The third-order valence-corrected chi connectivity index (χ3v) is 4.65. The quantitative estimate of drug-likeness (QED) is 0.532. The van der Waals surface area contributed by atoms with Gasteiger partial charge in [0.15, 0.2) is 0 Å². The zero-order valence-corrected chi connectivity index (χ0v) is 14.9. The van der Waals surface area contributed by atoms with Crippen molar-refractivity contribution in [1.82, 2.24) is 14.8 Å². The van der Waals surface area contributed by atoms with Crippen LogP contribution in [0.1, 0.15) is 41.5 Å². The number of nitrogens with zero attached hydrogens (tertiary/aromatic N) is 2. The molecule has 2 N–H and O–H groups in total. The Morgan fingerprint density at radius 3 is 2.78 bits per heavy atom. The van der Waals surface area contributed by atoms with Gasteiger partial charge >= 0.3 is 5.97 Å². The maximum Gasteiger partial charge on any atom is 0.303 e. The summed E-state index contributed by atoms with van der Waals surface area (Å²) in [5.74, 6) is -1.99. The first-order valence-electron chi connectivity index (χ1n) is 10.1. The first-order valence-corrected chi connectivity index (χ1v) is 8.61. The van der Waals surface area contributed by atoms with Crippen LogP contribution in [0.15, 0.2) is 42.6 Å². The first kappa shape index (κ1) is 14.0. The highest BCUT2D eigenvalue weighted by Crippen LogP contribution is 2.36. The van der Waals surface area contributed by atoms with Crippen molar-refractivity contribution < 1.29 is 18.4 Å². The normalized spacial score (nSPS) is 13.9. The molecule has 0 aliphatic carbocycles. The van der Waals surface area contributed by atoms with Gasteiger partial charge in [-0.15, -0.1) is 0 Å². The number of aryl methyl sites for hydroxylation is 1. The number of hydrogen-bond acceptors (Lipinski definition) is 2. The molecule has 0 saturated carbocycles. The van der Waals surface area contributed by atoms with Crippen LogP contribution in [0.25, 0.3) is 27.5 Å². The Kier molecular flexibility index (Phi) is 3.38. The van der Waals surface area contributed by atoms with E-state index in [-0.39, 0.29) is 24.3 Å². The lowest BCUT2D eigenvalue weighted by atomic mass is 9.99. The summed E-state index contributed by atoms with van der Waals surface area (Å²) in [5, 5.41) is 17.3. The van der Waals surface area contributed by atoms with Crippen LogP contribution in [-0.4, -0.2) is 25.8 Å². The summed E-state index contributed by atoms with van der Waals surface area (Å²) in [6.07, 6.45) is -2.71. The Balaban J connectivity index is 2.12. The summed E-state index contributed by atoms with van der Waals surface area (Å²) in [4.78, 5) is 11.5. The maximum absolute atomic E-state index is 13.6. The standard InChI is InChI=1S/C21H20FN3O2/c1-12(2)21-16(7-8-20(26)27)17-10-18-13(11-23-24-18)9-19(17)25(21)15-5-3-14(22)4-6-15/h3-6,9-12H,7-8H2,1-2H3,(H,23,24)(H,26,27)/i8D2,11D. The number of aromatic amines is 1. The van der Waals surface area contributed by atoms with Gasteiger partial charge in [-0.1, -0.05) is 13.8 Å². The number of aliphatic carboxylic acids is 1. The molecule has 0 spiro atoms. The van der Waals surface area contributed by atoms with Crippen molar-refractivity contribution >= 4 is 27.8 Å². The molecule has 2 aromatic heterocycles. The van der Waals surface area contributed by atoms with Gasteiger partial charge in [0, 0.05) is 31.3 Å². The average Bonchev–Trinajstić information content (AvgIpc) is 3.19.